The first-order chi connectivity index (χ1) is 18.2. The molecule has 2 aromatic heterocycles. The zero-order valence-corrected chi connectivity index (χ0v) is 23.5. The van der Waals surface area contributed by atoms with Gasteiger partial charge < -0.3 is 24.2 Å². The Hall–Kier alpha value is -2.57. The molecule has 2 aromatic rings. The van der Waals surface area contributed by atoms with Gasteiger partial charge >= 0.3 is 12.1 Å². The fourth-order valence-electron chi connectivity index (χ4n) is 5.75. The summed E-state index contributed by atoms with van der Waals surface area (Å²) in [6.07, 6.45) is 7.47. The molecule has 2 fully saturated rings. The van der Waals surface area contributed by atoms with Gasteiger partial charge in [0.25, 0.3) is 6.29 Å². The third kappa shape index (κ3) is 4.71. The molecule has 3 aliphatic rings. The Labute approximate surface area is 229 Å². The molecule has 4 heterocycles. The van der Waals surface area contributed by atoms with Crippen LogP contribution in [0.5, 0.6) is 0 Å². The number of ether oxygens (including phenoxy) is 3. The lowest BCUT2D eigenvalue weighted by atomic mass is 9.77. The maximum Gasteiger partial charge on any atom is 0.511 e. The Morgan fingerprint density at radius 3 is 2.66 bits per heavy atom. The molecule has 38 heavy (non-hydrogen) atoms. The Morgan fingerprint density at radius 1 is 1.26 bits per heavy atom. The van der Waals surface area contributed by atoms with Crippen molar-refractivity contribution >= 4 is 51.5 Å². The lowest BCUT2D eigenvalue weighted by molar-refractivity contribution is -0.176. The van der Waals surface area contributed by atoms with E-state index < -0.39 is 30.4 Å². The van der Waals surface area contributed by atoms with Crippen molar-refractivity contribution < 1.29 is 33.7 Å². The van der Waals surface area contributed by atoms with E-state index in [0.717, 1.165) is 46.8 Å². The van der Waals surface area contributed by atoms with Crippen LogP contribution in [0.2, 0.25) is 0 Å². The number of thioether (sulfide) groups is 1. The Morgan fingerprint density at radius 2 is 2.00 bits per heavy atom. The highest BCUT2D eigenvalue weighted by atomic mass is 32.2. The second-order valence-corrected chi connectivity index (χ2v) is 11.9. The van der Waals surface area contributed by atoms with Crippen LogP contribution in [0.3, 0.4) is 0 Å². The van der Waals surface area contributed by atoms with Crippen molar-refractivity contribution in [3.05, 3.63) is 23.1 Å². The summed E-state index contributed by atoms with van der Waals surface area (Å²) in [5.74, 6) is -1.89. The third-order valence-electron chi connectivity index (χ3n) is 7.62. The van der Waals surface area contributed by atoms with Gasteiger partial charge in [-0.2, -0.15) is 0 Å². The number of imidazole rings is 1. The molecule has 2 aliphatic heterocycles. The Bertz CT molecular complexity index is 1260. The normalized spacial score (nSPS) is 25.2. The molecule has 0 aromatic carbocycles. The maximum atomic E-state index is 13.6. The number of nitrogens with zero attached hydrogens (tertiary/aromatic N) is 3. The van der Waals surface area contributed by atoms with E-state index in [1.165, 1.54) is 28.0 Å². The molecule has 0 radical (unpaired) electrons. The molecule has 1 amide bonds. The quantitative estimate of drug-likeness (QED) is 0.215. The van der Waals surface area contributed by atoms with Crippen LogP contribution in [0, 0.1) is 11.8 Å². The number of amides is 1. The van der Waals surface area contributed by atoms with Crippen molar-refractivity contribution in [3.8, 4) is 0 Å². The van der Waals surface area contributed by atoms with Gasteiger partial charge in [-0.25, -0.2) is 14.6 Å². The van der Waals surface area contributed by atoms with Gasteiger partial charge in [-0.1, -0.05) is 20.3 Å². The van der Waals surface area contributed by atoms with Crippen LogP contribution < -0.4 is 0 Å². The number of aromatic nitrogens is 2. The maximum absolute atomic E-state index is 13.6. The molecule has 0 bridgehead atoms. The average molecular weight is 564 g/mol. The number of hydrogen-bond donors (Lipinski definition) is 1. The van der Waals surface area contributed by atoms with Crippen LogP contribution in [-0.2, 0) is 23.8 Å². The SMILES string of the molecule is CCC(OC(=O)OC1CCCCC1)OC(=O)C1=C(c2cn3cnc(SC)c3s2)[C@H](C)[C@@H]2[C@@H]([C@@H](C)O)C(=O)N12. The number of esters is 1. The molecule has 206 valence electrons. The second-order valence-electron chi connectivity index (χ2n) is 10.1. The van der Waals surface area contributed by atoms with Gasteiger partial charge in [0, 0.05) is 24.1 Å². The van der Waals surface area contributed by atoms with Crippen LogP contribution in [0.15, 0.2) is 23.2 Å². The van der Waals surface area contributed by atoms with Gasteiger partial charge in [-0.15, -0.1) is 23.1 Å². The molecular weight excluding hydrogens is 530 g/mol. The van der Waals surface area contributed by atoms with Crippen molar-refractivity contribution in [1.29, 1.82) is 0 Å². The lowest BCUT2D eigenvalue weighted by Crippen LogP contribution is -2.63. The van der Waals surface area contributed by atoms with Crippen molar-refractivity contribution in [2.75, 3.05) is 6.26 Å². The summed E-state index contributed by atoms with van der Waals surface area (Å²) < 4.78 is 18.3. The monoisotopic (exact) mass is 563 g/mol. The zero-order chi connectivity index (χ0) is 27.1. The van der Waals surface area contributed by atoms with E-state index in [1.807, 2.05) is 23.8 Å². The van der Waals surface area contributed by atoms with E-state index in [2.05, 4.69) is 4.98 Å². The fraction of sp³-hybridized carbons (Fsp3) is 0.615. The van der Waals surface area contributed by atoms with E-state index in [-0.39, 0.29) is 36.1 Å². The highest BCUT2D eigenvalue weighted by Gasteiger charge is 2.60. The molecule has 5 rings (SSSR count). The van der Waals surface area contributed by atoms with Gasteiger partial charge in [-0.3, -0.25) is 9.20 Å². The number of β-lactam (4-membered cyclic amide) rings is 1. The van der Waals surface area contributed by atoms with Gasteiger partial charge in [0.05, 0.1) is 22.9 Å². The van der Waals surface area contributed by atoms with E-state index in [1.54, 1.807) is 20.2 Å². The number of thiazole rings is 1. The molecule has 1 unspecified atom stereocenters. The standard InChI is InChI=1S/C26H33N3O7S2/c1-5-17(36-26(33)34-15-9-7-6-8-10-15)35-25(32)21-18(13(2)20-19(14(3)30)23(31)29(20)21)16-11-28-12-27-22(37-4)24(28)38-16/h11-15,17,19-20,30H,5-10H2,1-4H3/t13-,14+,17?,19+,20+/m0/s1. The Kier molecular flexibility index (Phi) is 7.74. The minimum Gasteiger partial charge on any atom is -0.431 e. The van der Waals surface area contributed by atoms with Gasteiger partial charge in [0.2, 0.25) is 5.91 Å². The minimum atomic E-state index is -1.16. The number of aliphatic hydroxyl groups is 1. The Balaban J connectivity index is 1.41. The highest BCUT2D eigenvalue weighted by molar-refractivity contribution is 7.98. The summed E-state index contributed by atoms with van der Waals surface area (Å²) >= 11 is 3.01. The highest BCUT2D eigenvalue weighted by Crippen LogP contribution is 2.52. The van der Waals surface area contributed by atoms with Gasteiger partial charge in [0.1, 0.15) is 28.0 Å². The van der Waals surface area contributed by atoms with Crippen molar-refractivity contribution in [3.63, 3.8) is 0 Å². The van der Waals surface area contributed by atoms with Gasteiger partial charge in [-0.05, 0) is 38.9 Å². The zero-order valence-electron chi connectivity index (χ0n) is 21.9. The first-order valence-electron chi connectivity index (χ1n) is 13.1. The summed E-state index contributed by atoms with van der Waals surface area (Å²) in [6, 6.07) is -0.364. The van der Waals surface area contributed by atoms with Gasteiger partial charge in [0.15, 0.2) is 0 Å². The van der Waals surface area contributed by atoms with Crippen molar-refractivity contribution in [2.24, 2.45) is 11.8 Å². The average Bonchev–Trinajstić information content (AvgIpc) is 3.53. The molecule has 5 atom stereocenters. The molecule has 0 spiro atoms. The number of fused-ring (bicyclic) bond motifs is 2. The van der Waals surface area contributed by atoms with E-state index in [4.69, 9.17) is 14.2 Å². The van der Waals surface area contributed by atoms with Crippen LogP contribution in [0.4, 0.5) is 4.79 Å². The minimum absolute atomic E-state index is 0.135. The fourth-order valence-corrected chi connectivity index (χ4v) is 7.67. The molecule has 1 aliphatic carbocycles. The topological polar surface area (TPSA) is 120 Å². The van der Waals surface area contributed by atoms with E-state index >= 15 is 0 Å². The third-order valence-corrected chi connectivity index (χ3v) is 9.58. The molecule has 10 nitrogen and oxygen atoms in total. The number of carbonyl (C=O) groups excluding carboxylic acids is 3. The summed E-state index contributed by atoms with van der Waals surface area (Å²) in [6.45, 7) is 5.28. The van der Waals surface area contributed by atoms with Crippen molar-refractivity contribution in [1.82, 2.24) is 14.3 Å². The summed E-state index contributed by atoms with van der Waals surface area (Å²) in [5.41, 5.74) is 0.812. The first-order valence-corrected chi connectivity index (χ1v) is 15.1. The van der Waals surface area contributed by atoms with Crippen LogP contribution in [0.1, 0.15) is 64.2 Å². The molecule has 12 heteroatoms. The predicted molar refractivity (Wildman–Crippen MR) is 141 cm³/mol. The number of carbonyl (C=O) groups is 3. The number of hydrogen-bond acceptors (Lipinski definition) is 10. The summed E-state index contributed by atoms with van der Waals surface area (Å²) in [7, 11) is 0. The van der Waals surface area contributed by atoms with Crippen molar-refractivity contribution in [2.45, 2.75) is 88.9 Å². The second kappa shape index (κ2) is 10.9. The van der Waals surface area contributed by atoms with E-state index in [0.29, 0.717) is 5.57 Å². The van der Waals surface area contributed by atoms with Crippen LogP contribution >= 0.6 is 23.1 Å². The predicted octanol–water partition coefficient (Wildman–Crippen LogP) is 4.45. The lowest BCUT2D eigenvalue weighted by Gasteiger charge is -2.46. The molecule has 1 saturated heterocycles. The largest absolute Gasteiger partial charge is 0.511 e. The van der Waals surface area contributed by atoms with Crippen LogP contribution in [-0.4, -0.2) is 68.2 Å². The first kappa shape index (κ1) is 27.0. The number of rotatable bonds is 8. The van der Waals surface area contributed by atoms with Crippen LogP contribution in [0.25, 0.3) is 10.4 Å². The molecule has 1 saturated carbocycles. The smallest absolute Gasteiger partial charge is 0.431 e. The van der Waals surface area contributed by atoms with E-state index in [9.17, 15) is 19.5 Å². The molecule has 1 N–H and O–H groups in total. The summed E-state index contributed by atoms with van der Waals surface area (Å²) in [4.78, 5) is 46.7. The summed E-state index contributed by atoms with van der Waals surface area (Å²) in [5, 5.41) is 11.2. The molecular formula is C26H33N3O7S2. The number of aliphatic hydroxyl groups excluding tert-OH is 1.